The predicted octanol–water partition coefficient (Wildman–Crippen LogP) is 4.86. The molecule has 2 aromatic carbocycles. The van der Waals surface area contributed by atoms with Crippen LogP contribution in [0.15, 0.2) is 67.0 Å². The van der Waals surface area contributed by atoms with Crippen molar-refractivity contribution in [2.75, 3.05) is 13.7 Å². The van der Waals surface area contributed by atoms with Gasteiger partial charge in [0.1, 0.15) is 0 Å². The Kier molecular flexibility index (Phi) is 4.52. The summed E-state index contributed by atoms with van der Waals surface area (Å²) >= 11 is 0. The van der Waals surface area contributed by atoms with Gasteiger partial charge in [0.25, 0.3) is 0 Å². The Bertz CT molecular complexity index is 1160. The first-order chi connectivity index (χ1) is 14.2. The number of methoxy groups -OCH3 is 1. The van der Waals surface area contributed by atoms with Gasteiger partial charge in [-0.25, -0.2) is 4.39 Å². The Morgan fingerprint density at radius 1 is 1.17 bits per heavy atom. The number of aromatic amines is 1. The summed E-state index contributed by atoms with van der Waals surface area (Å²) in [5.74, 6) is -0.0743. The third kappa shape index (κ3) is 3.17. The number of ether oxygens (including phenoxy) is 1. The Hall–Kier alpha value is -3.18. The molecule has 29 heavy (non-hydrogen) atoms. The number of aromatic nitrogens is 2. The maximum atomic E-state index is 14.1. The number of para-hydroxylation sites is 1. The van der Waals surface area contributed by atoms with Crippen molar-refractivity contribution in [3.63, 3.8) is 0 Å². The van der Waals surface area contributed by atoms with Crippen molar-refractivity contribution in [1.29, 1.82) is 0 Å². The number of fused-ring (bicyclic) bond motifs is 3. The van der Waals surface area contributed by atoms with Crippen LogP contribution in [0.3, 0.4) is 0 Å². The molecule has 1 aliphatic heterocycles. The van der Waals surface area contributed by atoms with Gasteiger partial charge in [-0.15, -0.1) is 0 Å². The number of benzene rings is 2. The number of H-pyrrole nitrogens is 1. The Morgan fingerprint density at radius 3 is 2.90 bits per heavy atom. The van der Waals surface area contributed by atoms with Gasteiger partial charge in [-0.3, -0.25) is 9.88 Å². The maximum Gasteiger partial charge on any atom is 0.165 e. The van der Waals surface area contributed by atoms with Crippen molar-refractivity contribution in [1.82, 2.24) is 14.9 Å². The second-order valence-electron chi connectivity index (χ2n) is 7.44. The second kappa shape index (κ2) is 7.33. The lowest BCUT2D eigenvalue weighted by atomic mass is 9.92. The minimum absolute atomic E-state index is 0.0131. The van der Waals surface area contributed by atoms with Crippen LogP contribution in [-0.4, -0.2) is 28.5 Å². The smallest absolute Gasteiger partial charge is 0.165 e. The van der Waals surface area contributed by atoms with Gasteiger partial charge in [0.2, 0.25) is 0 Å². The van der Waals surface area contributed by atoms with Crippen LogP contribution in [0.2, 0.25) is 0 Å². The van der Waals surface area contributed by atoms with Crippen molar-refractivity contribution in [3.05, 3.63) is 95.2 Å². The summed E-state index contributed by atoms with van der Waals surface area (Å²) in [6, 6.07) is 17.6. The lowest BCUT2D eigenvalue weighted by molar-refractivity contribution is 0.201. The molecule has 0 amide bonds. The van der Waals surface area contributed by atoms with E-state index in [1.54, 1.807) is 6.20 Å². The van der Waals surface area contributed by atoms with Crippen LogP contribution in [0.25, 0.3) is 10.9 Å². The van der Waals surface area contributed by atoms with E-state index in [2.05, 4.69) is 39.1 Å². The highest BCUT2D eigenvalue weighted by Gasteiger charge is 2.32. The number of rotatable bonds is 4. The molecule has 146 valence electrons. The second-order valence-corrected chi connectivity index (χ2v) is 7.44. The largest absolute Gasteiger partial charge is 0.494 e. The highest BCUT2D eigenvalue weighted by molar-refractivity contribution is 5.85. The summed E-state index contributed by atoms with van der Waals surface area (Å²) < 4.78 is 19.4. The van der Waals surface area contributed by atoms with Crippen LogP contribution in [-0.2, 0) is 13.0 Å². The van der Waals surface area contributed by atoms with E-state index in [1.165, 1.54) is 29.8 Å². The van der Waals surface area contributed by atoms with Crippen LogP contribution < -0.4 is 4.74 Å². The maximum absolute atomic E-state index is 14.1. The van der Waals surface area contributed by atoms with Gasteiger partial charge in [0.15, 0.2) is 11.6 Å². The molecular weight excluding hydrogens is 365 g/mol. The van der Waals surface area contributed by atoms with Crippen molar-refractivity contribution in [3.8, 4) is 5.75 Å². The molecule has 2 aromatic heterocycles. The van der Waals surface area contributed by atoms with E-state index in [4.69, 9.17) is 4.74 Å². The molecule has 0 fully saturated rings. The normalized spacial score (nSPS) is 16.7. The van der Waals surface area contributed by atoms with E-state index in [0.29, 0.717) is 0 Å². The Labute approximate surface area is 169 Å². The average molecular weight is 387 g/mol. The van der Waals surface area contributed by atoms with Crippen LogP contribution in [0.5, 0.6) is 5.75 Å². The highest BCUT2D eigenvalue weighted by Crippen LogP contribution is 2.40. The minimum atomic E-state index is -0.345. The van der Waals surface area contributed by atoms with Crippen LogP contribution >= 0.6 is 0 Å². The number of hydrogen-bond acceptors (Lipinski definition) is 3. The first-order valence-corrected chi connectivity index (χ1v) is 9.80. The molecule has 4 aromatic rings. The fourth-order valence-electron chi connectivity index (χ4n) is 4.41. The zero-order valence-corrected chi connectivity index (χ0v) is 16.2. The molecular formula is C24H22FN3O. The van der Waals surface area contributed by atoms with Crippen molar-refractivity contribution in [2.45, 2.75) is 19.0 Å². The summed E-state index contributed by atoms with van der Waals surface area (Å²) in [5, 5.41) is 1.27. The van der Waals surface area contributed by atoms with Gasteiger partial charge in [-0.2, -0.15) is 0 Å². The van der Waals surface area contributed by atoms with Gasteiger partial charge < -0.3 is 9.72 Å². The lowest BCUT2D eigenvalue weighted by Gasteiger charge is -2.36. The van der Waals surface area contributed by atoms with E-state index in [1.807, 2.05) is 30.5 Å². The molecule has 0 radical (unpaired) electrons. The molecule has 5 heteroatoms. The monoisotopic (exact) mass is 387 g/mol. The van der Waals surface area contributed by atoms with Gasteiger partial charge in [0, 0.05) is 42.1 Å². The summed E-state index contributed by atoms with van der Waals surface area (Å²) in [4.78, 5) is 10.3. The highest BCUT2D eigenvalue weighted by atomic mass is 19.1. The minimum Gasteiger partial charge on any atom is -0.494 e. The topological polar surface area (TPSA) is 41.1 Å². The molecule has 3 heterocycles. The Balaban J connectivity index is 1.64. The molecule has 1 N–H and O–H groups in total. The van der Waals surface area contributed by atoms with Crippen LogP contribution in [0, 0.1) is 5.82 Å². The molecule has 1 atom stereocenters. The lowest BCUT2D eigenvalue weighted by Crippen LogP contribution is -2.35. The molecule has 0 saturated carbocycles. The fraction of sp³-hybridized carbons (Fsp3) is 0.208. The van der Waals surface area contributed by atoms with Crippen LogP contribution in [0.1, 0.15) is 28.4 Å². The molecule has 0 spiro atoms. The number of hydrogen-bond donors (Lipinski definition) is 1. The van der Waals surface area contributed by atoms with Crippen molar-refractivity contribution < 1.29 is 9.13 Å². The fourth-order valence-corrected chi connectivity index (χ4v) is 4.41. The van der Waals surface area contributed by atoms with E-state index >= 15 is 0 Å². The molecule has 1 aliphatic rings. The molecule has 0 bridgehead atoms. The number of pyridine rings is 1. The summed E-state index contributed by atoms with van der Waals surface area (Å²) in [6.45, 7) is 1.68. The van der Waals surface area contributed by atoms with E-state index < -0.39 is 0 Å². The Morgan fingerprint density at radius 2 is 2.07 bits per heavy atom. The third-order valence-electron chi connectivity index (χ3n) is 5.73. The molecule has 0 saturated heterocycles. The zero-order valence-electron chi connectivity index (χ0n) is 16.2. The number of nitrogens with one attached hydrogen (secondary N) is 1. The summed E-state index contributed by atoms with van der Waals surface area (Å²) in [7, 11) is 1.50. The average Bonchev–Trinajstić information content (AvgIpc) is 3.13. The molecule has 5 rings (SSSR count). The quantitative estimate of drug-likeness (QED) is 0.544. The molecule has 0 unspecified atom stereocenters. The van der Waals surface area contributed by atoms with Crippen molar-refractivity contribution >= 4 is 10.9 Å². The predicted molar refractivity (Wildman–Crippen MR) is 111 cm³/mol. The van der Waals surface area contributed by atoms with E-state index in [9.17, 15) is 4.39 Å². The van der Waals surface area contributed by atoms with E-state index in [-0.39, 0.29) is 17.6 Å². The standard InChI is InChI=1S/C24H22FN3O/c1-29-22-13-17(8-9-20(22)25)24-23-19(18-6-2-3-7-21(18)27-23)10-12-28(24)15-16-5-4-11-26-14-16/h2-9,11,13-14,24,27H,10,12,15H2,1H3/t24-/m1/s1. The van der Waals surface area contributed by atoms with Gasteiger partial charge >= 0.3 is 0 Å². The summed E-state index contributed by atoms with van der Waals surface area (Å²) in [5.41, 5.74) is 5.83. The first kappa shape index (κ1) is 17.9. The SMILES string of the molecule is COc1cc([C@@H]2c3[nH]c4ccccc4c3CCN2Cc2cccnc2)ccc1F. The molecule has 4 nitrogen and oxygen atoms in total. The van der Waals surface area contributed by atoms with Gasteiger partial charge in [-0.1, -0.05) is 30.3 Å². The van der Waals surface area contributed by atoms with E-state index in [0.717, 1.165) is 36.2 Å². The zero-order chi connectivity index (χ0) is 19.8. The van der Waals surface area contributed by atoms with Gasteiger partial charge in [0.05, 0.1) is 13.2 Å². The first-order valence-electron chi connectivity index (χ1n) is 9.80. The van der Waals surface area contributed by atoms with Crippen LogP contribution in [0.4, 0.5) is 4.39 Å². The summed E-state index contributed by atoms with van der Waals surface area (Å²) in [6.07, 6.45) is 4.66. The number of nitrogens with zero attached hydrogens (tertiary/aromatic N) is 2. The third-order valence-corrected chi connectivity index (χ3v) is 5.73. The molecule has 0 aliphatic carbocycles. The van der Waals surface area contributed by atoms with Gasteiger partial charge in [-0.05, 0) is 47.4 Å². The number of halogens is 1. The van der Waals surface area contributed by atoms with Crippen molar-refractivity contribution in [2.24, 2.45) is 0 Å².